The van der Waals surface area contributed by atoms with Crippen molar-refractivity contribution in [1.82, 2.24) is 10.2 Å². The molecule has 1 N–H and O–H groups in total. The molecule has 2 heteroatoms. The third-order valence-corrected chi connectivity index (χ3v) is 6.04. The van der Waals surface area contributed by atoms with Crippen LogP contribution in [-0.4, -0.2) is 36.1 Å². The van der Waals surface area contributed by atoms with Gasteiger partial charge in [-0.05, 0) is 42.9 Å². The molecule has 5 unspecified atom stereocenters. The van der Waals surface area contributed by atoms with Crippen LogP contribution in [0.15, 0.2) is 0 Å². The van der Waals surface area contributed by atoms with Gasteiger partial charge in [-0.1, -0.05) is 41.5 Å². The zero-order valence-electron chi connectivity index (χ0n) is 14.5. The lowest BCUT2D eigenvalue weighted by atomic mass is 9.77. The maximum atomic E-state index is 3.80. The largest absolute Gasteiger partial charge is 0.311 e. The van der Waals surface area contributed by atoms with E-state index in [-0.39, 0.29) is 0 Å². The fourth-order valence-corrected chi connectivity index (χ4v) is 4.12. The van der Waals surface area contributed by atoms with Gasteiger partial charge in [-0.3, -0.25) is 4.90 Å². The normalized spacial score (nSPS) is 40.5. The average Bonchev–Trinajstić information content (AvgIpc) is 2.41. The van der Waals surface area contributed by atoms with E-state index in [2.05, 4.69) is 51.8 Å². The molecular weight excluding hydrogens is 244 g/mol. The van der Waals surface area contributed by atoms with E-state index in [1.165, 1.54) is 32.4 Å². The molecule has 0 spiro atoms. The summed E-state index contributed by atoms with van der Waals surface area (Å²) < 4.78 is 0. The number of hydrogen-bond acceptors (Lipinski definition) is 2. The van der Waals surface area contributed by atoms with Crippen molar-refractivity contribution >= 4 is 0 Å². The van der Waals surface area contributed by atoms with E-state index in [1.54, 1.807) is 0 Å². The summed E-state index contributed by atoms with van der Waals surface area (Å²) in [6.07, 6.45) is 4.25. The first-order valence-electron chi connectivity index (χ1n) is 8.89. The molecule has 5 atom stereocenters. The van der Waals surface area contributed by atoms with Gasteiger partial charge in [0.2, 0.25) is 0 Å². The Balaban J connectivity index is 2.07. The van der Waals surface area contributed by atoms with E-state index in [1.807, 2.05) is 0 Å². The van der Waals surface area contributed by atoms with Crippen molar-refractivity contribution in [2.45, 2.75) is 78.9 Å². The second-order valence-electron chi connectivity index (χ2n) is 8.19. The van der Waals surface area contributed by atoms with E-state index < -0.39 is 0 Å². The predicted octanol–water partition coefficient (Wildman–Crippen LogP) is 3.77. The summed E-state index contributed by atoms with van der Waals surface area (Å²) in [6.45, 7) is 16.8. The molecule has 1 saturated heterocycles. The fourth-order valence-electron chi connectivity index (χ4n) is 4.12. The third kappa shape index (κ3) is 3.57. The molecule has 1 aliphatic heterocycles. The van der Waals surface area contributed by atoms with Gasteiger partial charge >= 0.3 is 0 Å². The molecule has 20 heavy (non-hydrogen) atoms. The molecule has 2 aliphatic rings. The van der Waals surface area contributed by atoms with Crippen LogP contribution in [0, 0.1) is 23.7 Å². The predicted molar refractivity (Wildman–Crippen MR) is 87.9 cm³/mol. The zero-order valence-corrected chi connectivity index (χ0v) is 14.5. The Bertz CT molecular complexity index is 300. The molecule has 2 rings (SSSR count). The van der Waals surface area contributed by atoms with Gasteiger partial charge in [-0.15, -0.1) is 0 Å². The molecule has 2 fully saturated rings. The Morgan fingerprint density at radius 1 is 0.950 bits per heavy atom. The summed E-state index contributed by atoms with van der Waals surface area (Å²) in [5.41, 5.74) is 0. The van der Waals surface area contributed by atoms with Crippen LogP contribution in [0.25, 0.3) is 0 Å². The van der Waals surface area contributed by atoms with E-state index in [9.17, 15) is 0 Å². The third-order valence-electron chi connectivity index (χ3n) is 6.04. The summed E-state index contributed by atoms with van der Waals surface area (Å²) in [5.74, 6) is 3.32. The molecule has 2 nitrogen and oxygen atoms in total. The molecule has 1 heterocycles. The van der Waals surface area contributed by atoms with Crippen molar-refractivity contribution in [1.29, 1.82) is 0 Å². The fraction of sp³-hybridized carbons (Fsp3) is 1.00. The average molecular weight is 280 g/mol. The molecule has 0 aromatic heterocycles. The lowest BCUT2D eigenvalue weighted by molar-refractivity contribution is 0.0137. The smallest absolute Gasteiger partial charge is 0.0247 e. The number of nitrogens with one attached hydrogen (secondary N) is 1. The van der Waals surface area contributed by atoms with Crippen LogP contribution in [0.2, 0.25) is 0 Å². The monoisotopic (exact) mass is 280 g/mol. The van der Waals surface area contributed by atoms with Crippen molar-refractivity contribution in [3.05, 3.63) is 0 Å². The standard InChI is InChI=1S/C18H36N2/c1-12(2)17-11-20(18(10-19-17)13(3)4)16-8-7-14(5)15(6)9-16/h12-19H,7-11H2,1-6H3. The van der Waals surface area contributed by atoms with Crippen molar-refractivity contribution < 1.29 is 0 Å². The quantitative estimate of drug-likeness (QED) is 0.846. The summed E-state index contributed by atoms with van der Waals surface area (Å²) in [4.78, 5) is 2.88. The van der Waals surface area contributed by atoms with Gasteiger partial charge in [-0.2, -0.15) is 0 Å². The Labute approximate surface area is 126 Å². The van der Waals surface area contributed by atoms with Gasteiger partial charge in [0.05, 0.1) is 0 Å². The maximum absolute atomic E-state index is 3.80. The van der Waals surface area contributed by atoms with Crippen LogP contribution >= 0.6 is 0 Å². The molecular formula is C18H36N2. The lowest BCUT2D eigenvalue weighted by Crippen LogP contribution is -2.62. The van der Waals surface area contributed by atoms with E-state index in [0.717, 1.165) is 35.8 Å². The summed E-state index contributed by atoms with van der Waals surface area (Å²) in [5, 5.41) is 3.80. The second kappa shape index (κ2) is 6.79. The molecule has 0 amide bonds. The maximum Gasteiger partial charge on any atom is 0.0247 e. The molecule has 118 valence electrons. The number of nitrogens with zero attached hydrogens (tertiary/aromatic N) is 1. The van der Waals surface area contributed by atoms with E-state index in [0.29, 0.717) is 6.04 Å². The van der Waals surface area contributed by atoms with Crippen molar-refractivity contribution in [3.63, 3.8) is 0 Å². The van der Waals surface area contributed by atoms with Gasteiger partial charge in [0.15, 0.2) is 0 Å². The first kappa shape index (κ1) is 16.3. The van der Waals surface area contributed by atoms with Crippen LogP contribution in [-0.2, 0) is 0 Å². The van der Waals surface area contributed by atoms with Crippen LogP contribution < -0.4 is 5.32 Å². The number of piperazine rings is 1. The summed E-state index contributed by atoms with van der Waals surface area (Å²) >= 11 is 0. The van der Waals surface area contributed by atoms with Crippen LogP contribution in [0.1, 0.15) is 60.8 Å². The molecule has 1 saturated carbocycles. The summed E-state index contributed by atoms with van der Waals surface area (Å²) in [6, 6.07) is 2.24. The first-order chi connectivity index (χ1) is 9.40. The Morgan fingerprint density at radius 2 is 1.65 bits per heavy atom. The van der Waals surface area contributed by atoms with Crippen molar-refractivity contribution in [3.8, 4) is 0 Å². The van der Waals surface area contributed by atoms with Gasteiger partial charge in [0.1, 0.15) is 0 Å². The van der Waals surface area contributed by atoms with Crippen molar-refractivity contribution in [2.75, 3.05) is 13.1 Å². The Morgan fingerprint density at radius 3 is 2.20 bits per heavy atom. The number of rotatable bonds is 3. The van der Waals surface area contributed by atoms with E-state index in [4.69, 9.17) is 0 Å². The second-order valence-corrected chi connectivity index (χ2v) is 8.19. The Hall–Kier alpha value is -0.0800. The zero-order chi connectivity index (χ0) is 14.9. The van der Waals surface area contributed by atoms with Crippen molar-refractivity contribution in [2.24, 2.45) is 23.7 Å². The first-order valence-corrected chi connectivity index (χ1v) is 8.89. The van der Waals surface area contributed by atoms with Gasteiger partial charge in [0.25, 0.3) is 0 Å². The van der Waals surface area contributed by atoms with Gasteiger partial charge in [-0.25, -0.2) is 0 Å². The van der Waals surface area contributed by atoms with E-state index >= 15 is 0 Å². The highest BCUT2D eigenvalue weighted by Crippen LogP contribution is 2.34. The van der Waals surface area contributed by atoms with Gasteiger partial charge < -0.3 is 5.32 Å². The minimum absolute atomic E-state index is 0.680. The van der Waals surface area contributed by atoms with Crippen LogP contribution in [0.5, 0.6) is 0 Å². The minimum atomic E-state index is 0.680. The highest BCUT2D eigenvalue weighted by Gasteiger charge is 2.37. The molecule has 1 aliphatic carbocycles. The van der Waals surface area contributed by atoms with Crippen LogP contribution in [0.4, 0.5) is 0 Å². The number of hydrogen-bond donors (Lipinski definition) is 1. The molecule has 0 bridgehead atoms. The molecule has 0 aromatic carbocycles. The van der Waals surface area contributed by atoms with Crippen LogP contribution in [0.3, 0.4) is 0 Å². The van der Waals surface area contributed by atoms with Gasteiger partial charge in [0, 0.05) is 31.2 Å². The molecule has 0 radical (unpaired) electrons. The Kier molecular flexibility index (Phi) is 5.53. The molecule has 0 aromatic rings. The highest BCUT2D eigenvalue weighted by atomic mass is 15.3. The SMILES string of the molecule is CC(C)C1CN(C2CCC(C)C(C)C2)C(C(C)C)CN1. The lowest BCUT2D eigenvalue weighted by Gasteiger charge is -2.50. The topological polar surface area (TPSA) is 15.3 Å². The minimum Gasteiger partial charge on any atom is -0.311 e. The highest BCUT2D eigenvalue weighted by molar-refractivity contribution is 4.94. The summed E-state index contributed by atoms with van der Waals surface area (Å²) in [7, 11) is 0.